The monoisotopic (exact) mass is 507 g/mol. The molecule has 110 valence electrons. The third-order valence-electron chi connectivity index (χ3n) is 3.04. The van der Waals surface area contributed by atoms with E-state index < -0.39 is 20.2 Å². The molecule has 0 unspecified atom stereocenters. The quantitative estimate of drug-likeness (QED) is 0.395. The molecular weight excluding hydrogens is 491 g/mol. The fourth-order valence-corrected chi connectivity index (χ4v) is 8.76. The fraction of sp³-hybridized carbons (Fsp3) is 0. The summed E-state index contributed by atoms with van der Waals surface area (Å²) in [6, 6.07) is 32.9. The summed E-state index contributed by atoms with van der Waals surface area (Å²) in [5.74, 6) is 0. The standard InChI is InChI=1S/3C6H5.CHN.HI.Sb/c3*1-2-4-6-5-3-1;1-2;;/h3*1-5H;1H;1H;. The molecule has 0 spiro atoms. The van der Waals surface area contributed by atoms with Gasteiger partial charge in [0.25, 0.3) is 0 Å². The second-order valence-corrected chi connectivity index (χ2v) is 10.7. The van der Waals surface area contributed by atoms with E-state index in [1.54, 1.807) is 0 Å². The van der Waals surface area contributed by atoms with Crippen molar-refractivity contribution in [2.75, 3.05) is 0 Å². The summed E-state index contributed by atoms with van der Waals surface area (Å²) >= 11 is -1.83. The van der Waals surface area contributed by atoms with Crippen molar-refractivity contribution in [3.05, 3.63) is 91.0 Å². The summed E-state index contributed by atoms with van der Waals surface area (Å²) in [4.78, 5) is 0. The molecule has 0 amide bonds. The van der Waals surface area contributed by atoms with Crippen molar-refractivity contribution in [2.45, 2.75) is 0 Å². The molecule has 3 heteroatoms. The Balaban J connectivity index is 0.000000775. The summed E-state index contributed by atoms with van der Waals surface area (Å²) < 4.78 is 4.55. The van der Waals surface area contributed by atoms with Crippen LogP contribution in [0.15, 0.2) is 91.0 Å². The molecule has 0 aromatic heterocycles. The average molecular weight is 508 g/mol. The minimum absolute atomic E-state index is 0. The zero-order chi connectivity index (χ0) is 14.9. The van der Waals surface area contributed by atoms with Gasteiger partial charge in [-0.05, 0) is 0 Å². The molecule has 0 aliphatic carbocycles. The Kier molecular flexibility index (Phi) is 8.89. The molecule has 3 rings (SSSR count). The number of hydrogen-bond acceptors (Lipinski definition) is 1. The van der Waals surface area contributed by atoms with Gasteiger partial charge in [0, 0.05) is 6.57 Å². The van der Waals surface area contributed by atoms with E-state index in [-0.39, 0.29) is 24.0 Å². The maximum atomic E-state index is 6.50. The second-order valence-electron chi connectivity index (χ2n) is 4.34. The molecule has 0 heterocycles. The third kappa shape index (κ3) is 4.86. The summed E-state index contributed by atoms with van der Waals surface area (Å²) in [6.45, 7) is 3.50. The third-order valence-corrected chi connectivity index (χ3v) is 10.0. The molecule has 0 saturated carbocycles. The summed E-state index contributed by atoms with van der Waals surface area (Å²) in [6.07, 6.45) is 0. The number of nitriles is 1. The minimum atomic E-state index is -1.83. The first-order valence-electron chi connectivity index (χ1n) is 6.66. The Hall–Kier alpha value is -1.30. The van der Waals surface area contributed by atoms with Crippen LogP contribution in [0.25, 0.3) is 0 Å². The van der Waals surface area contributed by atoms with E-state index in [2.05, 4.69) is 97.6 Å². The van der Waals surface area contributed by atoms with Crippen LogP contribution in [0.5, 0.6) is 0 Å². The van der Waals surface area contributed by atoms with Crippen LogP contribution in [0.1, 0.15) is 0 Å². The molecule has 0 aliphatic rings. The molecule has 0 N–H and O–H groups in total. The average Bonchev–Trinajstić information content (AvgIpc) is 2.60. The molecule has 22 heavy (non-hydrogen) atoms. The first-order chi connectivity index (χ1) is 10.4. The molecule has 0 fully saturated rings. The van der Waals surface area contributed by atoms with Crippen molar-refractivity contribution in [1.82, 2.24) is 0 Å². The predicted molar refractivity (Wildman–Crippen MR) is 106 cm³/mol. The molecular formula is C19H17INSb. The van der Waals surface area contributed by atoms with E-state index >= 15 is 0 Å². The van der Waals surface area contributed by atoms with Crippen molar-refractivity contribution >= 4 is 54.7 Å². The van der Waals surface area contributed by atoms with E-state index in [0.29, 0.717) is 0 Å². The Bertz CT molecular complexity index is 575. The number of halogens is 1. The van der Waals surface area contributed by atoms with Crippen LogP contribution in [-0.4, -0.2) is 20.2 Å². The van der Waals surface area contributed by atoms with Gasteiger partial charge in [-0.2, -0.15) is 0 Å². The number of hydrogen-bond donors (Lipinski definition) is 0. The number of benzene rings is 3. The van der Waals surface area contributed by atoms with Gasteiger partial charge in [-0.25, -0.2) is 5.26 Å². The van der Waals surface area contributed by atoms with Crippen LogP contribution in [0.3, 0.4) is 0 Å². The van der Waals surface area contributed by atoms with Gasteiger partial charge in [-0.15, -0.1) is 24.0 Å². The van der Waals surface area contributed by atoms with Crippen LogP contribution in [-0.2, 0) is 0 Å². The first kappa shape index (κ1) is 18.7. The van der Waals surface area contributed by atoms with Crippen molar-refractivity contribution in [2.24, 2.45) is 0 Å². The van der Waals surface area contributed by atoms with Crippen LogP contribution in [0.4, 0.5) is 0 Å². The second kappa shape index (κ2) is 10.4. The molecule has 3 aromatic rings. The van der Waals surface area contributed by atoms with Gasteiger partial charge < -0.3 is 0 Å². The molecule has 0 aliphatic heterocycles. The van der Waals surface area contributed by atoms with Crippen molar-refractivity contribution < 1.29 is 0 Å². The molecule has 3 aromatic carbocycles. The van der Waals surface area contributed by atoms with Gasteiger partial charge in [0.05, 0.1) is 0 Å². The molecule has 1 nitrogen and oxygen atoms in total. The topological polar surface area (TPSA) is 23.8 Å². The van der Waals surface area contributed by atoms with E-state index in [9.17, 15) is 0 Å². The van der Waals surface area contributed by atoms with Crippen molar-refractivity contribution in [3.63, 3.8) is 0 Å². The summed E-state index contributed by atoms with van der Waals surface area (Å²) in [7, 11) is 0. The SMILES string of the molecule is C#N.I.c1cc[c]([Sb]([c]2ccccc2)[c]2ccccc2)cc1. The van der Waals surface area contributed by atoms with Crippen LogP contribution in [0, 0.1) is 11.8 Å². The molecule has 0 radical (unpaired) electrons. The molecule has 0 saturated heterocycles. The molecule has 0 bridgehead atoms. The van der Waals surface area contributed by atoms with E-state index in [4.69, 9.17) is 5.26 Å². The van der Waals surface area contributed by atoms with Gasteiger partial charge >= 0.3 is 122 Å². The van der Waals surface area contributed by atoms with Gasteiger partial charge in [0.2, 0.25) is 0 Å². The van der Waals surface area contributed by atoms with Gasteiger partial charge in [0.15, 0.2) is 0 Å². The maximum absolute atomic E-state index is 6.50. The van der Waals surface area contributed by atoms with Crippen molar-refractivity contribution in [1.29, 1.82) is 5.26 Å². The fourth-order valence-electron chi connectivity index (χ4n) is 2.18. The first-order valence-corrected chi connectivity index (χ1v) is 10.5. The predicted octanol–water partition coefficient (Wildman–Crippen LogP) is 2.96. The molecule has 0 atom stereocenters. The zero-order valence-electron chi connectivity index (χ0n) is 12.0. The van der Waals surface area contributed by atoms with Crippen LogP contribution < -0.4 is 10.5 Å². The number of nitrogens with zero attached hydrogens (tertiary/aromatic N) is 1. The normalized spacial score (nSPS) is 9.23. The van der Waals surface area contributed by atoms with Gasteiger partial charge in [0.1, 0.15) is 0 Å². The summed E-state index contributed by atoms with van der Waals surface area (Å²) in [5.41, 5.74) is 0. The summed E-state index contributed by atoms with van der Waals surface area (Å²) in [5, 5.41) is 6.50. The van der Waals surface area contributed by atoms with Crippen molar-refractivity contribution in [3.8, 4) is 6.57 Å². The van der Waals surface area contributed by atoms with Crippen LogP contribution >= 0.6 is 24.0 Å². The van der Waals surface area contributed by atoms with E-state index in [0.717, 1.165) is 0 Å². The number of rotatable bonds is 3. The van der Waals surface area contributed by atoms with Crippen LogP contribution in [0.2, 0.25) is 0 Å². The Morgan fingerprint density at radius 1 is 0.500 bits per heavy atom. The van der Waals surface area contributed by atoms with E-state index in [1.165, 1.54) is 10.5 Å². The van der Waals surface area contributed by atoms with Gasteiger partial charge in [-0.3, -0.25) is 0 Å². The Morgan fingerprint density at radius 3 is 0.955 bits per heavy atom. The Labute approximate surface area is 156 Å². The van der Waals surface area contributed by atoms with E-state index in [1.807, 2.05) is 0 Å². The zero-order valence-corrected chi connectivity index (χ0v) is 16.9. The Morgan fingerprint density at radius 2 is 0.727 bits per heavy atom. The van der Waals surface area contributed by atoms with Gasteiger partial charge in [-0.1, -0.05) is 0 Å².